The van der Waals surface area contributed by atoms with Crippen molar-refractivity contribution in [3.05, 3.63) is 64.7 Å². The molecule has 0 bridgehead atoms. The largest absolute Gasteiger partial charge is 0.355 e. The summed E-state index contributed by atoms with van der Waals surface area (Å²) in [6.07, 6.45) is 0.723. The van der Waals surface area contributed by atoms with Crippen LogP contribution in [0.25, 0.3) is 0 Å². The van der Waals surface area contributed by atoms with E-state index in [0.717, 1.165) is 10.6 Å². The predicted octanol–water partition coefficient (Wildman–Crippen LogP) is 3.62. The Labute approximate surface area is 167 Å². The van der Waals surface area contributed by atoms with Crippen molar-refractivity contribution in [1.82, 2.24) is 10.2 Å². The van der Waals surface area contributed by atoms with Gasteiger partial charge in [0, 0.05) is 35.2 Å². The summed E-state index contributed by atoms with van der Waals surface area (Å²) in [5.74, 6) is 0.111. The van der Waals surface area contributed by atoms with Gasteiger partial charge in [-0.3, -0.25) is 19.3 Å². The van der Waals surface area contributed by atoms with E-state index in [1.807, 2.05) is 24.3 Å². The molecule has 1 heterocycles. The van der Waals surface area contributed by atoms with Crippen LogP contribution >= 0.6 is 23.4 Å². The normalized spacial score (nSPS) is 13.0. The Balaban J connectivity index is 1.35. The van der Waals surface area contributed by atoms with Crippen LogP contribution in [0.15, 0.2) is 53.4 Å². The Hall–Kier alpha value is -2.31. The number of thioether (sulfide) groups is 1. The van der Waals surface area contributed by atoms with Crippen LogP contribution in [0.2, 0.25) is 5.02 Å². The van der Waals surface area contributed by atoms with Crippen LogP contribution in [-0.4, -0.2) is 41.5 Å². The number of benzene rings is 2. The first kappa shape index (κ1) is 19.5. The molecule has 1 aliphatic rings. The highest BCUT2D eigenvalue weighted by Gasteiger charge is 2.34. The molecule has 3 amide bonds. The highest BCUT2D eigenvalue weighted by atomic mass is 35.5. The van der Waals surface area contributed by atoms with Crippen molar-refractivity contribution >= 4 is 41.1 Å². The molecule has 1 aliphatic heterocycles. The zero-order chi connectivity index (χ0) is 19.2. The van der Waals surface area contributed by atoms with Crippen LogP contribution in [0.5, 0.6) is 0 Å². The molecule has 27 heavy (non-hydrogen) atoms. The summed E-state index contributed by atoms with van der Waals surface area (Å²) >= 11 is 7.48. The van der Waals surface area contributed by atoms with Crippen LogP contribution in [0.4, 0.5) is 0 Å². The van der Waals surface area contributed by atoms with Crippen molar-refractivity contribution in [2.45, 2.75) is 17.7 Å². The summed E-state index contributed by atoms with van der Waals surface area (Å²) in [4.78, 5) is 38.7. The van der Waals surface area contributed by atoms with Crippen LogP contribution in [0.3, 0.4) is 0 Å². The number of halogens is 1. The Morgan fingerprint density at radius 3 is 2.26 bits per heavy atom. The second-order valence-electron chi connectivity index (χ2n) is 6.06. The summed E-state index contributed by atoms with van der Waals surface area (Å²) in [5, 5.41) is 3.55. The quantitative estimate of drug-likeness (QED) is 0.416. The standard InChI is InChI=1S/C20H19ClN2O3S/c21-14-7-9-15(10-8-14)27-13-11-22-18(24)6-3-12-23-19(25)16-4-1-2-5-17(16)20(23)26/h1-2,4-5,7-10H,3,6,11-13H2,(H,22,24). The van der Waals surface area contributed by atoms with Crippen LogP contribution in [0.1, 0.15) is 33.6 Å². The van der Waals surface area contributed by atoms with Crippen molar-refractivity contribution < 1.29 is 14.4 Å². The van der Waals surface area contributed by atoms with E-state index in [2.05, 4.69) is 5.32 Å². The SMILES string of the molecule is O=C(CCCN1C(=O)c2ccccc2C1=O)NCCSc1ccc(Cl)cc1. The van der Waals surface area contributed by atoms with E-state index < -0.39 is 0 Å². The number of hydrogen-bond acceptors (Lipinski definition) is 4. The molecule has 0 saturated heterocycles. The lowest BCUT2D eigenvalue weighted by Gasteiger charge is -2.13. The Kier molecular flexibility index (Phi) is 6.53. The zero-order valence-electron chi connectivity index (χ0n) is 14.6. The zero-order valence-corrected chi connectivity index (χ0v) is 16.2. The third-order valence-corrected chi connectivity index (χ3v) is 5.44. The molecule has 0 spiro atoms. The minimum absolute atomic E-state index is 0.0803. The van der Waals surface area contributed by atoms with Crippen molar-refractivity contribution in [2.24, 2.45) is 0 Å². The van der Waals surface area contributed by atoms with Gasteiger partial charge in [-0.1, -0.05) is 23.7 Å². The molecular weight excluding hydrogens is 384 g/mol. The van der Waals surface area contributed by atoms with Crippen molar-refractivity contribution in [2.75, 3.05) is 18.8 Å². The van der Waals surface area contributed by atoms with E-state index in [1.54, 1.807) is 36.0 Å². The fraction of sp³-hybridized carbons (Fsp3) is 0.250. The van der Waals surface area contributed by atoms with E-state index in [-0.39, 0.29) is 30.7 Å². The van der Waals surface area contributed by atoms with Gasteiger partial charge in [-0.25, -0.2) is 0 Å². The fourth-order valence-electron chi connectivity index (χ4n) is 2.82. The summed E-state index contributed by atoms with van der Waals surface area (Å²) in [5.41, 5.74) is 0.873. The molecule has 0 aromatic heterocycles. The molecule has 140 valence electrons. The minimum Gasteiger partial charge on any atom is -0.355 e. The summed E-state index contributed by atoms with van der Waals surface area (Å²) < 4.78 is 0. The average molecular weight is 403 g/mol. The van der Waals surface area contributed by atoms with E-state index in [1.165, 1.54) is 4.90 Å². The van der Waals surface area contributed by atoms with Gasteiger partial charge in [-0.2, -0.15) is 0 Å². The van der Waals surface area contributed by atoms with Crippen LogP contribution in [-0.2, 0) is 4.79 Å². The molecule has 2 aromatic carbocycles. The summed E-state index contributed by atoms with van der Waals surface area (Å²) in [6.45, 7) is 0.804. The molecule has 2 aromatic rings. The second-order valence-corrected chi connectivity index (χ2v) is 7.67. The number of nitrogens with zero attached hydrogens (tertiary/aromatic N) is 1. The topological polar surface area (TPSA) is 66.5 Å². The minimum atomic E-state index is -0.282. The number of nitrogens with one attached hydrogen (secondary N) is 1. The van der Waals surface area contributed by atoms with Gasteiger partial charge in [0.25, 0.3) is 11.8 Å². The lowest BCUT2D eigenvalue weighted by molar-refractivity contribution is -0.121. The average Bonchev–Trinajstić information content (AvgIpc) is 2.92. The van der Waals surface area contributed by atoms with E-state index in [4.69, 9.17) is 11.6 Å². The van der Waals surface area contributed by atoms with Gasteiger partial charge in [-0.05, 0) is 42.8 Å². The molecule has 0 atom stereocenters. The highest BCUT2D eigenvalue weighted by molar-refractivity contribution is 7.99. The van der Waals surface area contributed by atoms with E-state index >= 15 is 0 Å². The Morgan fingerprint density at radius 1 is 1.00 bits per heavy atom. The predicted molar refractivity (Wildman–Crippen MR) is 106 cm³/mol. The van der Waals surface area contributed by atoms with Gasteiger partial charge >= 0.3 is 0 Å². The molecule has 0 radical (unpaired) electrons. The van der Waals surface area contributed by atoms with Gasteiger partial charge in [0.1, 0.15) is 0 Å². The molecule has 0 fully saturated rings. The maximum atomic E-state index is 12.2. The smallest absolute Gasteiger partial charge is 0.261 e. The monoisotopic (exact) mass is 402 g/mol. The molecule has 3 rings (SSSR count). The van der Waals surface area contributed by atoms with E-state index in [0.29, 0.717) is 29.1 Å². The Morgan fingerprint density at radius 2 is 1.63 bits per heavy atom. The molecule has 0 aliphatic carbocycles. The van der Waals surface area contributed by atoms with Gasteiger partial charge in [0.2, 0.25) is 5.91 Å². The third-order valence-electron chi connectivity index (χ3n) is 4.17. The number of carbonyl (C=O) groups excluding carboxylic acids is 3. The number of carbonyl (C=O) groups is 3. The highest BCUT2D eigenvalue weighted by Crippen LogP contribution is 2.22. The number of amides is 3. The van der Waals surface area contributed by atoms with Gasteiger partial charge in [0.15, 0.2) is 0 Å². The second kappa shape index (κ2) is 9.06. The van der Waals surface area contributed by atoms with Gasteiger partial charge in [0.05, 0.1) is 11.1 Å². The number of hydrogen-bond donors (Lipinski definition) is 1. The third kappa shape index (κ3) is 4.90. The maximum Gasteiger partial charge on any atom is 0.261 e. The first-order chi connectivity index (χ1) is 13.1. The summed E-state index contributed by atoms with van der Waals surface area (Å²) in [6, 6.07) is 14.3. The lowest BCUT2D eigenvalue weighted by Crippen LogP contribution is -2.32. The summed E-state index contributed by atoms with van der Waals surface area (Å²) in [7, 11) is 0. The van der Waals surface area contributed by atoms with Crippen molar-refractivity contribution in [1.29, 1.82) is 0 Å². The maximum absolute atomic E-state index is 12.2. The van der Waals surface area contributed by atoms with Crippen LogP contribution < -0.4 is 5.32 Å². The van der Waals surface area contributed by atoms with Crippen molar-refractivity contribution in [3.63, 3.8) is 0 Å². The number of imide groups is 1. The number of rotatable bonds is 8. The van der Waals surface area contributed by atoms with Crippen molar-refractivity contribution in [3.8, 4) is 0 Å². The lowest BCUT2D eigenvalue weighted by atomic mass is 10.1. The van der Waals surface area contributed by atoms with E-state index in [9.17, 15) is 14.4 Å². The molecule has 0 unspecified atom stereocenters. The first-order valence-electron chi connectivity index (χ1n) is 8.66. The molecule has 5 nitrogen and oxygen atoms in total. The molecular formula is C20H19ClN2O3S. The first-order valence-corrected chi connectivity index (χ1v) is 10.0. The Bertz CT molecular complexity index is 820. The molecule has 1 N–H and O–H groups in total. The van der Waals surface area contributed by atoms with Gasteiger partial charge < -0.3 is 5.32 Å². The number of fused-ring (bicyclic) bond motifs is 1. The fourth-order valence-corrected chi connectivity index (χ4v) is 3.71. The molecule has 7 heteroatoms. The van der Waals surface area contributed by atoms with Gasteiger partial charge in [-0.15, -0.1) is 11.8 Å². The van der Waals surface area contributed by atoms with Crippen LogP contribution in [0, 0.1) is 0 Å². The molecule has 0 saturated carbocycles.